The van der Waals surface area contributed by atoms with E-state index in [1.165, 1.54) is 0 Å². The minimum absolute atomic E-state index is 0.0447. The van der Waals surface area contributed by atoms with E-state index in [9.17, 15) is 0 Å². The first kappa shape index (κ1) is 15.3. The van der Waals surface area contributed by atoms with Crippen LogP contribution in [0.15, 0.2) is 0 Å². The Bertz CT molecular complexity index is 425. The van der Waals surface area contributed by atoms with Crippen LogP contribution in [0.5, 0.6) is 0 Å². The van der Waals surface area contributed by atoms with Gasteiger partial charge in [0.25, 0.3) is 0 Å². The SMILES string of the molecule is CCCNc1nc(C2CSCCO2)nc(CC)c1I. The molecule has 0 spiro atoms. The van der Waals surface area contributed by atoms with E-state index in [-0.39, 0.29) is 6.10 Å². The summed E-state index contributed by atoms with van der Waals surface area (Å²) in [6, 6.07) is 0. The van der Waals surface area contributed by atoms with Crippen LogP contribution in [0.3, 0.4) is 0 Å². The van der Waals surface area contributed by atoms with Gasteiger partial charge in [-0.05, 0) is 35.4 Å². The van der Waals surface area contributed by atoms with Gasteiger partial charge < -0.3 is 10.1 Å². The number of aryl methyl sites for hydroxylation is 1. The van der Waals surface area contributed by atoms with Crippen molar-refractivity contribution in [1.82, 2.24) is 9.97 Å². The van der Waals surface area contributed by atoms with Gasteiger partial charge in [-0.3, -0.25) is 0 Å². The number of ether oxygens (including phenoxy) is 1. The zero-order valence-electron chi connectivity index (χ0n) is 11.4. The van der Waals surface area contributed by atoms with Crippen LogP contribution in [0.25, 0.3) is 0 Å². The summed E-state index contributed by atoms with van der Waals surface area (Å²) in [6.07, 6.45) is 2.06. The molecule has 1 fully saturated rings. The molecule has 0 amide bonds. The Hall–Kier alpha value is -0.0800. The second-order valence-corrected chi connectivity index (χ2v) is 6.63. The average molecular weight is 393 g/mol. The monoisotopic (exact) mass is 393 g/mol. The van der Waals surface area contributed by atoms with Crippen LogP contribution in [0.2, 0.25) is 0 Å². The summed E-state index contributed by atoms with van der Waals surface area (Å²) >= 11 is 4.25. The van der Waals surface area contributed by atoms with Crippen molar-refractivity contribution in [3.05, 3.63) is 15.1 Å². The Labute approximate surface area is 132 Å². The molecule has 0 aliphatic carbocycles. The lowest BCUT2D eigenvalue weighted by Crippen LogP contribution is -2.20. The van der Waals surface area contributed by atoms with E-state index in [0.29, 0.717) is 0 Å². The quantitative estimate of drug-likeness (QED) is 0.779. The number of nitrogens with one attached hydrogen (secondary N) is 1. The lowest BCUT2D eigenvalue weighted by atomic mass is 10.2. The molecular formula is C13H20IN3OS. The largest absolute Gasteiger partial charge is 0.369 e. The maximum atomic E-state index is 5.79. The Morgan fingerprint density at radius 1 is 1.42 bits per heavy atom. The number of thioether (sulfide) groups is 1. The number of hydrogen-bond donors (Lipinski definition) is 1. The highest BCUT2D eigenvalue weighted by molar-refractivity contribution is 14.1. The van der Waals surface area contributed by atoms with Gasteiger partial charge in [-0.2, -0.15) is 11.8 Å². The molecular weight excluding hydrogens is 373 g/mol. The molecule has 1 saturated heterocycles. The summed E-state index contributed by atoms with van der Waals surface area (Å²) in [5, 5.41) is 3.40. The Kier molecular flexibility index (Phi) is 6.15. The molecule has 1 aliphatic rings. The fourth-order valence-corrected chi connectivity index (χ4v) is 3.54. The van der Waals surface area contributed by atoms with E-state index in [2.05, 4.69) is 51.7 Å². The third-order valence-electron chi connectivity index (χ3n) is 2.92. The lowest BCUT2D eigenvalue weighted by molar-refractivity contribution is 0.0693. The van der Waals surface area contributed by atoms with E-state index >= 15 is 0 Å². The van der Waals surface area contributed by atoms with Crippen molar-refractivity contribution in [3.63, 3.8) is 0 Å². The summed E-state index contributed by atoms with van der Waals surface area (Å²) in [5.41, 5.74) is 1.11. The van der Waals surface area contributed by atoms with E-state index in [4.69, 9.17) is 4.74 Å². The smallest absolute Gasteiger partial charge is 0.160 e. The summed E-state index contributed by atoms with van der Waals surface area (Å²) in [7, 11) is 0. The van der Waals surface area contributed by atoms with E-state index < -0.39 is 0 Å². The fraction of sp³-hybridized carbons (Fsp3) is 0.692. The third kappa shape index (κ3) is 3.95. The molecule has 0 radical (unpaired) electrons. The van der Waals surface area contributed by atoms with Gasteiger partial charge in [0.05, 0.1) is 15.9 Å². The maximum Gasteiger partial charge on any atom is 0.160 e. The number of rotatable bonds is 5. The van der Waals surface area contributed by atoms with Gasteiger partial charge in [-0.1, -0.05) is 13.8 Å². The highest BCUT2D eigenvalue weighted by Crippen LogP contribution is 2.27. The predicted molar refractivity (Wildman–Crippen MR) is 88.9 cm³/mol. The van der Waals surface area contributed by atoms with Crippen LogP contribution >= 0.6 is 34.4 Å². The minimum Gasteiger partial charge on any atom is -0.369 e. The van der Waals surface area contributed by atoms with Crippen LogP contribution < -0.4 is 5.32 Å². The Balaban J connectivity index is 2.26. The number of halogens is 1. The van der Waals surface area contributed by atoms with Crippen molar-refractivity contribution in [2.45, 2.75) is 32.8 Å². The molecule has 0 saturated carbocycles. The molecule has 2 rings (SSSR count). The Morgan fingerprint density at radius 2 is 2.26 bits per heavy atom. The molecule has 4 nitrogen and oxygen atoms in total. The van der Waals surface area contributed by atoms with Crippen molar-refractivity contribution >= 4 is 40.2 Å². The normalized spacial score (nSPS) is 19.4. The number of nitrogens with zero attached hydrogens (tertiary/aromatic N) is 2. The van der Waals surface area contributed by atoms with E-state index in [1.54, 1.807) is 0 Å². The maximum absolute atomic E-state index is 5.79. The summed E-state index contributed by atoms with van der Waals surface area (Å²) in [4.78, 5) is 9.36. The molecule has 1 aliphatic heterocycles. The van der Waals surface area contributed by atoms with Gasteiger partial charge in [0, 0.05) is 18.1 Å². The van der Waals surface area contributed by atoms with Gasteiger partial charge in [-0.25, -0.2) is 9.97 Å². The van der Waals surface area contributed by atoms with Crippen LogP contribution in [0, 0.1) is 3.57 Å². The zero-order chi connectivity index (χ0) is 13.7. The van der Waals surface area contributed by atoms with Gasteiger partial charge in [0.1, 0.15) is 11.9 Å². The molecule has 1 unspecified atom stereocenters. The van der Waals surface area contributed by atoms with Gasteiger partial charge in [-0.15, -0.1) is 0 Å². The molecule has 1 atom stereocenters. The van der Waals surface area contributed by atoms with Gasteiger partial charge in [0.2, 0.25) is 0 Å². The number of hydrogen-bond acceptors (Lipinski definition) is 5. The highest BCUT2D eigenvalue weighted by Gasteiger charge is 2.22. The van der Waals surface area contributed by atoms with Crippen LogP contribution in [-0.4, -0.2) is 34.6 Å². The molecule has 1 aromatic rings. The van der Waals surface area contributed by atoms with Crippen molar-refractivity contribution in [3.8, 4) is 0 Å². The first-order chi connectivity index (χ1) is 9.26. The first-order valence-corrected chi connectivity index (χ1v) is 8.99. The zero-order valence-corrected chi connectivity index (χ0v) is 14.4. The average Bonchev–Trinajstić information content (AvgIpc) is 2.47. The minimum atomic E-state index is 0.0447. The highest BCUT2D eigenvalue weighted by atomic mass is 127. The molecule has 6 heteroatoms. The standard InChI is InChI=1S/C13H20IN3OS/c1-3-5-15-13-11(14)9(4-2)16-12(17-13)10-8-19-7-6-18-10/h10H,3-8H2,1-2H3,(H,15,16,17). The van der Waals surface area contributed by atoms with E-state index in [0.717, 1.165) is 58.4 Å². The van der Waals surface area contributed by atoms with Crippen molar-refractivity contribution in [2.75, 3.05) is 30.0 Å². The summed E-state index contributed by atoms with van der Waals surface area (Å²) in [6.45, 7) is 6.03. The number of aromatic nitrogens is 2. The summed E-state index contributed by atoms with van der Waals surface area (Å²) in [5.74, 6) is 3.82. The Morgan fingerprint density at radius 3 is 2.89 bits per heavy atom. The van der Waals surface area contributed by atoms with Crippen molar-refractivity contribution in [1.29, 1.82) is 0 Å². The summed E-state index contributed by atoms with van der Waals surface area (Å²) < 4.78 is 6.93. The fourth-order valence-electron chi connectivity index (χ4n) is 1.89. The molecule has 1 aromatic heterocycles. The number of anilines is 1. The predicted octanol–water partition coefficient (Wildman–Crippen LogP) is 3.27. The van der Waals surface area contributed by atoms with Crippen LogP contribution in [0.1, 0.15) is 37.9 Å². The van der Waals surface area contributed by atoms with Crippen LogP contribution in [0.4, 0.5) is 5.82 Å². The van der Waals surface area contributed by atoms with Crippen molar-refractivity contribution < 1.29 is 4.74 Å². The lowest BCUT2D eigenvalue weighted by Gasteiger charge is -2.22. The second kappa shape index (κ2) is 7.64. The molecule has 1 N–H and O–H groups in total. The molecule has 2 heterocycles. The van der Waals surface area contributed by atoms with Crippen molar-refractivity contribution in [2.24, 2.45) is 0 Å². The van der Waals surface area contributed by atoms with Gasteiger partial charge >= 0.3 is 0 Å². The topological polar surface area (TPSA) is 47.0 Å². The van der Waals surface area contributed by atoms with Crippen LogP contribution in [-0.2, 0) is 11.2 Å². The molecule has 0 aromatic carbocycles. The van der Waals surface area contributed by atoms with Gasteiger partial charge in [0.15, 0.2) is 5.82 Å². The first-order valence-electron chi connectivity index (χ1n) is 6.75. The molecule has 0 bridgehead atoms. The second-order valence-electron chi connectivity index (χ2n) is 4.41. The van der Waals surface area contributed by atoms with E-state index in [1.807, 2.05) is 11.8 Å². The molecule has 106 valence electrons. The molecule has 19 heavy (non-hydrogen) atoms. The third-order valence-corrected chi connectivity index (χ3v) is 5.05.